The van der Waals surface area contributed by atoms with Gasteiger partial charge < -0.3 is 15.0 Å². The number of carbonyl (C=O) groups is 1. The van der Waals surface area contributed by atoms with Gasteiger partial charge in [0.25, 0.3) is 0 Å². The van der Waals surface area contributed by atoms with Crippen LogP contribution in [0.3, 0.4) is 0 Å². The number of nitrogens with one attached hydrogen (secondary N) is 1. The van der Waals surface area contributed by atoms with E-state index in [1.807, 2.05) is 50.2 Å². The van der Waals surface area contributed by atoms with Crippen LogP contribution in [0.25, 0.3) is 21.6 Å². The summed E-state index contributed by atoms with van der Waals surface area (Å²) in [6, 6.07) is 12.1. The first-order chi connectivity index (χ1) is 14.0. The molecule has 7 heteroatoms. The van der Waals surface area contributed by atoms with Gasteiger partial charge in [-0.25, -0.2) is 9.97 Å². The van der Waals surface area contributed by atoms with Crippen LogP contribution in [0.5, 0.6) is 5.75 Å². The standard InChI is InChI=1S/C22H26N4O2S/c1-14(2)23-20(27)15-9-11-26(12-10-15)22-25-19-8-7-18(24-21(19)29-22)16-5-4-6-17(13-16)28-3/h4-8,13-15H,9-12H2,1-3H3,(H,23,27). The van der Waals surface area contributed by atoms with Crippen molar-refractivity contribution in [2.24, 2.45) is 5.92 Å². The molecule has 29 heavy (non-hydrogen) atoms. The summed E-state index contributed by atoms with van der Waals surface area (Å²) in [7, 11) is 1.67. The number of amides is 1. The number of pyridine rings is 1. The van der Waals surface area contributed by atoms with Gasteiger partial charge in [0.1, 0.15) is 16.1 Å². The molecule has 1 amide bonds. The molecule has 6 nitrogen and oxygen atoms in total. The second-order valence-electron chi connectivity index (χ2n) is 7.67. The maximum atomic E-state index is 12.2. The van der Waals surface area contributed by atoms with Crippen molar-refractivity contribution < 1.29 is 9.53 Å². The summed E-state index contributed by atoms with van der Waals surface area (Å²) in [5, 5.41) is 4.01. The lowest BCUT2D eigenvalue weighted by molar-refractivity contribution is -0.126. The molecule has 1 aliphatic rings. The van der Waals surface area contributed by atoms with Crippen molar-refractivity contribution >= 4 is 32.7 Å². The van der Waals surface area contributed by atoms with Crippen molar-refractivity contribution in [2.45, 2.75) is 32.7 Å². The lowest BCUT2D eigenvalue weighted by Crippen LogP contribution is -2.42. The molecule has 0 bridgehead atoms. The highest BCUT2D eigenvalue weighted by atomic mass is 32.1. The Labute approximate surface area is 174 Å². The summed E-state index contributed by atoms with van der Waals surface area (Å²) < 4.78 is 5.32. The number of hydrogen-bond donors (Lipinski definition) is 1. The molecule has 0 radical (unpaired) electrons. The summed E-state index contributed by atoms with van der Waals surface area (Å²) in [5.74, 6) is 1.09. The molecule has 0 atom stereocenters. The predicted molar refractivity (Wildman–Crippen MR) is 118 cm³/mol. The highest BCUT2D eigenvalue weighted by molar-refractivity contribution is 7.21. The van der Waals surface area contributed by atoms with E-state index in [4.69, 9.17) is 14.7 Å². The van der Waals surface area contributed by atoms with Crippen LogP contribution < -0.4 is 15.0 Å². The fraction of sp³-hybridized carbons (Fsp3) is 0.409. The van der Waals surface area contributed by atoms with Crippen LogP contribution in [0.4, 0.5) is 5.13 Å². The fourth-order valence-corrected chi connectivity index (χ4v) is 4.61. The zero-order valence-corrected chi connectivity index (χ0v) is 17.8. The maximum Gasteiger partial charge on any atom is 0.223 e. The molecular weight excluding hydrogens is 384 g/mol. The van der Waals surface area contributed by atoms with Gasteiger partial charge in [-0.2, -0.15) is 0 Å². The van der Waals surface area contributed by atoms with E-state index in [-0.39, 0.29) is 17.9 Å². The van der Waals surface area contributed by atoms with Crippen molar-refractivity contribution in [1.82, 2.24) is 15.3 Å². The Morgan fingerprint density at radius 3 is 2.72 bits per heavy atom. The van der Waals surface area contributed by atoms with Crippen LogP contribution in [0, 0.1) is 5.92 Å². The number of anilines is 1. The van der Waals surface area contributed by atoms with E-state index in [1.54, 1.807) is 18.4 Å². The van der Waals surface area contributed by atoms with Gasteiger partial charge in [-0.15, -0.1) is 0 Å². The van der Waals surface area contributed by atoms with Gasteiger partial charge in [0.05, 0.1) is 12.8 Å². The molecule has 4 rings (SSSR count). The lowest BCUT2D eigenvalue weighted by atomic mass is 9.96. The zero-order valence-electron chi connectivity index (χ0n) is 17.0. The quantitative estimate of drug-likeness (QED) is 0.686. The number of nitrogens with zero attached hydrogens (tertiary/aromatic N) is 3. The number of ether oxygens (including phenoxy) is 1. The Morgan fingerprint density at radius 2 is 2.00 bits per heavy atom. The topological polar surface area (TPSA) is 67.3 Å². The number of hydrogen-bond acceptors (Lipinski definition) is 6. The van der Waals surface area contributed by atoms with Crippen LogP contribution in [-0.2, 0) is 4.79 Å². The van der Waals surface area contributed by atoms with Crippen molar-refractivity contribution in [1.29, 1.82) is 0 Å². The number of benzene rings is 1. The molecule has 2 aromatic heterocycles. The van der Waals surface area contributed by atoms with Crippen LogP contribution in [0.15, 0.2) is 36.4 Å². The number of fused-ring (bicyclic) bond motifs is 1. The van der Waals surface area contributed by atoms with Crippen LogP contribution in [-0.4, -0.2) is 42.1 Å². The van der Waals surface area contributed by atoms with Gasteiger partial charge in [-0.1, -0.05) is 23.5 Å². The van der Waals surface area contributed by atoms with Gasteiger partial charge in [-0.3, -0.25) is 4.79 Å². The highest BCUT2D eigenvalue weighted by Crippen LogP contribution is 2.32. The molecule has 1 aromatic carbocycles. The number of thiazole rings is 1. The molecule has 3 heterocycles. The van der Waals surface area contributed by atoms with Gasteiger partial charge in [0, 0.05) is 30.6 Å². The first-order valence-electron chi connectivity index (χ1n) is 10.0. The second kappa shape index (κ2) is 8.37. The van der Waals surface area contributed by atoms with Gasteiger partial charge >= 0.3 is 0 Å². The van der Waals surface area contributed by atoms with Gasteiger partial charge in [0.15, 0.2) is 5.13 Å². The van der Waals surface area contributed by atoms with E-state index in [0.29, 0.717) is 0 Å². The monoisotopic (exact) mass is 410 g/mol. The Bertz CT molecular complexity index is 1010. The maximum absolute atomic E-state index is 12.2. The average Bonchev–Trinajstić information content (AvgIpc) is 3.17. The molecule has 0 unspecified atom stereocenters. The first-order valence-corrected chi connectivity index (χ1v) is 10.8. The Hall–Kier alpha value is -2.67. The molecule has 1 N–H and O–H groups in total. The highest BCUT2D eigenvalue weighted by Gasteiger charge is 2.26. The number of piperidine rings is 1. The molecule has 1 aliphatic heterocycles. The average molecular weight is 411 g/mol. The minimum absolute atomic E-state index is 0.0980. The summed E-state index contributed by atoms with van der Waals surface area (Å²) in [6.07, 6.45) is 1.72. The van der Waals surface area contributed by atoms with E-state index < -0.39 is 0 Å². The minimum atomic E-state index is 0.0980. The number of methoxy groups -OCH3 is 1. The van der Waals surface area contributed by atoms with E-state index in [9.17, 15) is 4.79 Å². The van der Waals surface area contributed by atoms with Crippen molar-refractivity contribution in [3.05, 3.63) is 36.4 Å². The number of carbonyl (C=O) groups excluding carboxylic acids is 1. The second-order valence-corrected chi connectivity index (χ2v) is 8.63. The van der Waals surface area contributed by atoms with Crippen LogP contribution in [0.2, 0.25) is 0 Å². The van der Waals surface area contributed by atoms with Gasteiger partial charge in [0.2, 0.25) is 5.91 Å². The van der Waals surface area contributed by atoms with Gasteiger partial charge in [-0.05, 0) is 51.0 Å². The minimum Gasteiger partial charge on any atom is -0.497 e. The molecule has 0 saturated carbocycles. The van der Waals surface area contributed by atoms with E-state index in [1.165, 1.54) is 0 Å². The smallest absolute Gasteiger partial charge is 0.223 e. The first kappa shape index (κ1) is 19.6. The normalized spacial score (nSPS) is 15.1. The van der Waals surface area contributed by atoms with E-state index in [2.05, 4.69) is 10.2 Å². The SMILES string of the molecule is COc1cccc(-c2ccc3nc(N4CCC(C(=O)NC(C)C)CC4)sc3n2)c1. The van der Waals surface area contributed by atoms with Crippen LogP contribution in [0.1, 0.15) is 26.7 Å². The molecule has 1 saturated heterocycles. The third-order valence-electron chi connectivity index (χ3n) is 5.18. The third kappa shape index (κ3) is 4.34. The number of aromatic nitrogens is 2. The summed E-state index contributed by atoms with van der Waals surface area (Å²) >= 11 is 1.61. The Kier molecular flexibility index (Phi) is 5.67. The van der Waals surface area contributed by atoms with Crippen molar-refractivity contribution in [3.63, 3.8) is 0 Å². The third-order valence-corrected chi connectivity index (χ3v) is 6.20. The van der Waals surface area contributed by atoms with Crippen LogP contribution >= 0.6 is 11.3 Å². The van der Waals surface area contributed by atoms with Crippen molar-refractivity contribution in [2.75, 3.05) is 25.1 Å². The molecule has 1 fully saturated rings. The van der Waals surface area contributed by atoms with E-state index in [0.717, 1.165) is 58.4 Å². The van der Waals surface area contributed by atoms with Crippen molar-refractivity contribution in [3.8, 4) is 17.0 Å². The lowest BCUT2D eigenvalue weighted by Gasteiger charge is -2.31. The molecule has 152 valence electrons. The Balaban J connectivity index is 1.49. The molecule has 3 aromatic rings. The number of rotatable bonds is 5. The summed E-state index contributed by atoms with van der Waals surface area (Å²) in [5.41, 5.74) is 2.85. The Morgan fingerprint density at radius 1 is 1.21 bits per heavy atom. The van der Waals surface area contributed by atoms with E-state index >= 15 is 0 Å². The summed E-state index contributed by atoms with van der Waals surface area (Å²) in [4.78, 5) is 25.1. The zero-order chi connectivity index (χ0) is 20.4. The molecule has 0 aliphatic carbocycles. The largest absolute Gasteiger partial charge is 0.497 e. The molecule has 0 spiro atoms. The summed E-state index contributed by atoms with van der Waals surface area (Å²) in [6.45, 7) is 5.69. The predicted octanol–water partition coefficient (Wildman–Crippen LogP) is 4.11. The fourth-order valence-electron chi connectivity index (χ4n) is 3.62. The molecular formula is C22H26N4O2S.